The summed E-state index contributed by atoms with van der Waals surface area (Å²) in [4.78, 5) is 2.67. The minimum Gasteiger partial charge on any atom is -0.315 e. The standard InChI is InChI=1S/C17H28N2/c1-14(2)11-17-12-18-9-4-10-19(17)13-16-7-5-15(3)6-8-16/h5-8,14,17-18H,4,9-13H2,1-3H3. The minimum atomic E-state index is 0.684. The number of hydrogen-bond acceptors (Lipinski definition) is 2. The lowest BCUT2D eigenvalue weighted by molar-refractivity contribution is 0.177. The lowest BCUT2D eigenvalue weighted by Gasteiger charge is -2.31. The van der Waals surface area contributed by atoms with Crippen molar-refractivity contribution >= 4 is 0 Å². The molecule has 1 saturated heterocycles. The van der Waals surface area contributed by atoms with E-state index < -0.39 is 0 Å². The van der Waals surface area contributed by atoms with Crippen LogP contribution in [0, 0.1) is 12.8 Å². The molecule has 106 valence electrons. The second-order valence-corrected chi connectivity index (χ2v) is 6.30. The van der Waals surface area contributed by atoms with E-state index in [1.807, 2.05) is 0 Å². The fraction of sp³-hybridized carbons (Fsp3) is 0.647. The van der Waals surface area contributed by atoms with Gasteiger partial charge in [-0.2, -0.15) is 0 Å². The van der Waals surface area contributed by atoms with E-state index in [1.54, 1.807) is 0 Å². The normalized spacial score (nSPS) is 21.6. The van der Waals surface area contributed by atoms with E-state index in [0.717, 1.165) is 19.0 Å². The average Bonchev–Trinajstić information content (AvgIpc) is 2.58. The van der Waals surface area contributed by atoms with Gasteiger partial charge in [0.05, 0.1) is 0 Å². The molecule has 2 rings (SSSR count). The molecule has 1 aromatic rings. The van der Waals surface area contributed by atoms with Crippen LogP contribution in [0.4, 0.5) is 0 Å². The van der Waals surface area contributed by atoms with E-state index in [1.165, 1.54) is 37.1 Å². The van der Waals surface area contributed by atoms with Crippen LogP contribution in [0.25, 0.3) is 0 Å². The predicted octanol–water partition coefficient (Wildman–Crippen LogP) is 3.21. The molecule has 0 bridgehead atoms. The quantitative estimate of drug-likeness (QED) is 0.894. The highest BCUT2D eigenvalue weighted by Crippen LogP contribution is 2.17. The number of nitrogens with one attached hydrogen (secondary N) is 1. The first-order chi connectivity index (χ1) is 9.15. The average molecular weight is 260 g/mol. The number of rotatable bonds is 4. The lowest BCUT2D eigenvalue weighted by Crippen LogP contribution is -2.40. The van der Waals surface area contributed by atoms with Crippen LogP contribution in [0.5, 0.6) is 0 Å². The van der Waals surface area contributed by atoms with Gasteiger partial charge in [-0.05, 0) is 37.8 Å². The van der Waals surface area contributed by atoms with Crippen molar-refractivity contribution in [2.75, 3.05) is 19.6 Å². The molecule has 0 aliphatic carbocycles. The van der Waals surface area contributed by atoms with Crippen LogP contribution in [-0.4, -0.2) is 30.6 Å². The molecule has 0 saturated carbocycles. The summed E-state index contributed by atoms with van der Waals surface area (Å²) < 4.78 is 0. The Labute approximate surface area is 118 Å². The lowest BCUT2D eigenvalue weighted by atomic mass is 10.0. The molecule has 0 amide bonds. The van der Waals surface area contributed by atoms with Gasteiger partial charge in [-0.3, -0.25) is 4.90 Å². The highest BCUT2D eigenvalue weighted by Gasteiger charge is 2.21. The van der Waals surface area contributed by atoms with E-state index in [9.17, 15) is 0 Å². The Balaban J connectivity index is 2.02. The zero-order chi connectivity index (χ0) is 13.7. The minimum absolute atomic E-state index is 0.684. The van der Waals surface area contributed by atoms with E-state index in [2.05, 4.69) is 55.3 Å². The molecule has 0 spiro atoms. The van der Waals surface area contributed by atoms with Crippen molar-refractivity contribution in [3.63, 3.8) is 0 Å². The summed E-state index contributed by atoms with van der Waals surface area (Å²) in [5.41, 5.74) is 2.79. The molecule has 0 radical (unpaired) electrons. The molecule has 1 N–H and O–H groups in total. The highest BCUT2D eigenvalue weighted by molar-refractivity contribution is 5.21. The van der Waals surface area contributed by atoms with Crippen molar-refractivity contribution in [3.05, 3.63) is 35.4 Å². The Kier molecular flexibility index (Phi) is 5.41. The molecule has 2 nitrogen and oxygen atoms in total. The maximum absolute atomic E-state index is 3.59. The molecular formula is C17H28N2. The smallest absolute Gasteiger partial charge is 0.0237 e. The maximum Gasteiger partial charge on any atom is 0.0237 e. The summed E-state index contributed by atoms with van der Waals surface area (Å²) in [6, 6.07) is 9.69. The molecule has 1 aliphatic rings. The Bertz CT molecular complexity index is 369. The van der Waals surface area contributed by atoms with Crippen molar-refractivity contribution in [1.29, 1.82) is 0 Å². The molecule has 2 heteroatoms. The predicted molar refractivity (Wildman–Crippen MR) is 82.3 cm³/mol. The van der Waals surface area contributed by atoms with Crippen LogP contribution in [0.2, 0.25) is 0 Å². The van der Waals surface area contributed by atoms with Crippen LogP contribution < -0.4 is 5.32 Å². The summed E-state index contributed by atoms with van der Waals surface area (Å²) in [5, 5.41) is 3.59. The second-order valence-electron chi connectivity index (χ2n) is 6.30. The van der Waals surface area contributed by atoms with E-state index in [0.29, 0.717) is 6.04 Å². The zero-order valence-corrected chi connectivity index (χ0v) is 12.7. The van der Waals surface area contributed by atoms with Crippen LogP contribution in [-0.2, 0) is 6.54 Å². The molecule has 19 heavy (non-hydrogen) atoms. The van der Waals surface area contributed by atoms with Gasteiger partial charge in [0.1, 0.15) is 0 Å². The molecule has 1 fully saturated rings. The monoisotopic (exact) mass is 260 g/mol. The molecule has 1 heterocycles. The zero-order valence-electron chi connectivity index (χ0n) is 12.7. The van der Waals surface area contributed by atoms with E-state index in [4.69, 9.17) is 0 Å². The van der Waals surface area contributed by atoms with Gasteiger partial charge in [0, 0.05) is 25.7 Å². The van der Waals surface area contributed by atoms with E-state index >= 15 is 0 Å². The Morgan fingerprint density at radius 1 is 1.26 bits per heavy atom. The summed E-state index contributed by atoms with van der Waals surface area (Å²) in [5.74, 6) is 0.769. The molecule has 1 atom stereocenters. The first-order valence-electron chi connectivity index (χ1n) is 7.65. The Morgan fingerprint density at radius 3 is 2.68 bits per heavy atom. The van der Waals surface area contributed by atoms with Gasteiger partial charge < -0.3 is 5.32 Å². The third-order valence-electron chi connectivity index (χ3n) is 3.94. The van der Waals surface area contributed by atoms with E-state index in [-0.39, 0.29) is 0 Å². The molecule has 1 unspecified atom stereocenters. The van der Waals surface area contributed by atoms with Crippen LogP contribution in [0.15, 0.2) is 24.3 Å². The fourth-order valence-corrected chi connectivity index (χ4v) is 2.90. The maximum atomic E-state index is 3.59. The van der Waals surface area contributed by atoms with Crippen LogP contribution in [0.1, 0.15) is 37.8 Å². The molecule has 0 aromatic heterocycles. The summed E-state index contributed by atoms with van der Waals surface area (Å²) in [6.45, 7) is 11.4. The van der Waals surface area contributed by atoms with Crippen molar-refractivity contribution in [1.82, 2.24) is 10.2 Å². The third-order valence-corrected chi connectivity index (χ3v) is 3.94. The Morgan fingerprint density at radius 2 is 2.00 bits per heavy atom. The molecule has 1 aliphatic heterocycles. The van der Waals surface area contributed by atoms with Gasteiger partial charge in [-0.1, -0.05) is 43.7 Å². The van der Waals surface area contributed by atoms with Gasteiger partial charge >= 0.3 is 0 Å². The second kappa shape index (κ2) is 7.06. The number of benzene rings is 1. The van der Waals surface area contributed by atoms with Gasteiger partial charge in [-0.25, -0.2) is 0 Å². The van der Waals surface area contributed by atoms with Gasteiger partial charge in [0.15, 0.2) is 0 Å². The summed E-state index contributed by atoms with van der Waals surface area (Å²) in [6.07, 6.45) is 2.55. The fourth-order valence-electron chi connectivity index (χ4n) is 2.90. The van der Waals surface area contributed by atoms with Crippen molar-refractivity contribution in [2.24, 2.45) is 5.92 Å². The topological polar surface area (TPSA) is 15.3 Å². The summed E-state index contributed by atoms with van der Waals surface area (Å²) in [7, 11) is 0. The van der Waals surface area contributed by atoms with Crippen molar-refractivity contribution < 1.29 is 0 Å². The van der Waals surface area contributed by atoms with Crippen molar-refractivity contribution in [3.8, 4) is 0 Å². The Hall–Kier alpha value is -0.860. The SMILES string of the molecule is Cc1ccc(CN2CCCNCC2CC(C)C)cc1. The third kappa shape index (κ3) is 4.63. The summed E-state index contributed by atoms with van der Waals surface area (Å²) >= 11 is 0. The number of aryl methyl sites for hydroxylation is 1. The first-order valence-corrected chi connectivity index (χ1v) is 7.65. The van der Waals surface area contributed by atoms with Gasteiger partial charge in [0.2, 0.25) is 0 Å². The number of hydrogen-bond donors (Lipinski definition) is 1. The number of nitrogens with zero attached hydrogens (tertiary/aromatic N) is 1. The van der Waals surface area contributed by atoms with Crippen LogP contribution >= 0.6 is 0 Å². The van der Waals surface area contributed by atoms with Gasteiger partial charge in [-0.15, -0.1) is 0 Å². The first kappa shape index (κ1) is 14.5. The van der Waals surface area contributed by atoms with Gasteiger partial charge in [0.25, 0.3) is 0 Å². The van der Waals surface area contributed by atoms with Crippen molar-refractivity contribution in [2.45, 2.75) is 46.2 Å². The molecular weight excluding hydrogens is 232 g/mol. The van der Waals surface area contributed by atoms with Crippen LogP contribution in [0.3, 0.4) is 0 Å². The molecule has 1 aromatic carbocycles. The largest absolute Gasteiger partial charge is 0.315 e. The highest BCUT2D eigenvalue weighted by atomic mass is 15.2.